The first kappa shape index (κ1) is 16.3. The number of nitro benzene ring substituents is 1. The Hall–Kier alpha value is -1.12. The second kappa shape index (κ2) is 6.76. The Bertz CT molecular complexity index is 706. The fourth-order valence-corrected chi connectivity index (χ4v) is 3.17. The zero-order chi connectivity index (χ0) is 15.6. The molecule has 21 heavy (non-hydrogen) atoms. The summed E-state index contributed by atoms with van der Waals surface area (Å²) in [5.41, 5.74) is -0.116. The summed E-state index contributed by atoms with van der Waals surface area (Å²) >= 11 is 10.2. The molecule has 0 bridgehead atoms. The standard InChI is InChI=1S/C13H8Br3NO4/c1-20-13-10(6-7(14)11(15)12(13)16)21-9-5-3-2-4-8(9)17(18)19/h2-6H,1H3. The van der Waals surface area contributed by atoms with E-state index < -0.39 is 4.92 Å². The molecule has 0 saturated heterocycles. The minimum atomic E-state index is -0.495. The molecule has 0 aliphatic carbocycles. The topological polar surface area (TPSA) is 61.6 Å². The van der Waals surface area contributed by atoms with E-state index in [0.717, 1.165) is 8.95 Å². The lowest BCUT2D eigenvalue weighted by Crippen LogP contribution is -1.96. The molecule has 0 aliphatic heterocycles. The third kappa shape index (κ3) is 3.38. The van der Waals surface area contributed by atoms with Gasteiger partial charge in [0.1, 0.15) is 0 Å². The van der Waals surface area contributed by atoms with Crippen LogP contribution in [-0.2, 0) is 0 Å². The molecule has 110 valence electrons. The fraction of sp³-hybridized carbons (Fsp3) is 0.0769. The number of nitrogens with zero attached hydrogens (tertiary/aromatic N) is 1. The summed E-state index contributed by atoms with van der Waals surface area (Å²) in [6.07, 6.45) is 0. The van der Waals surface area contributed by atoms with Crippen LogP contribution >= 0.6 is 47.8 Å². The summed E-state index contributed by atoms with van der Waals surface area (Å²) in [5, 5.41) is 11.0. The molecule has 0 aliphatic rings. The molecule has 0 radical (unpaired) electrons. The van der Waals surface area contributed by atoms with Crippen LogP contribution in [0.4, 0.5) is 5.69 Å². The lowest BCUT2D eigenvalue weighted by atomic mass is 10.3. The fourth-order valence-electron chi connectivity index (χ4n) is 1.64. The highest BCUT2D eigenvalue weighted by Gasteiger charge is 2.20. The smallest absolute Gasteiger partial charge is 0.311 e. The van der Waals surface area contributed by atoms with Crippen molar-refractivity contribution in [3.63, 3.8) is 0 Å². The molecule has 5 nitrogen and oxygen atoms in total. The minimum absolute atomic E-state index is 0.116. The van der Waals surface area contributed by atoms with E-state index >= 15 is 0 Å². The van der Waals surface area contributed by atoms with Crippen LogP contribution in [0.2, 0.25) is 0 Å². The zero-order valence-electron chi connectivity index (χ0n) is 10.6. The van der Waals surface area contributed by atoms with Crippen molar-refractivity contribution < 1.29 is 14.4 Å². The van der Waals surface area contributed by atoms with Gasteiger partial charge in [-0.2, -0.15) is 0 Å². The predicted molar refractivity (Wildman–Crippen MR) is 89.3 cm³/mol. The van der Waals surface area contributed by atoms with Crippen LogP contribution in [0.5, 0.6) is 17.2 Å². The largest absolute Gasteiger partial charge is 0.492 e. The zero-order valence-corrected chi connectivity index (χ0v) is 15.4. The maximum absolute atomic E-state index is 11.0. The Kier molecular flexibility index (Phi) is 5.23. The highest BCUT2D eigenvalue weighted by atomic mass is 79.9. The summed E-state index contributed by atoms with van der Waals surface area (Å²) < 4.78 is 13.1. The van der Waals surface area contributed by atoms with Crippen molar-refractivity contribution in [2.45, 2.75) is 0 Å². The van der Waals surface area contributed by atoms with E-state index in [0.29, 0.717) is 16.0 Å². The Balaban J connectivity index is 2.52. The number of ether oxygens (including phenoxy) is 2. The first-order valence-electron chi connectivity index (χ1n) is 5.58. The van der Waals surface area contributed by atoms with Crippen molar-refractivity contribution in [2.24, 2.45) is 0 Å². The maximum atomic E-state index is 11.0. The molecule has 0 saturated carbocycles. The van der Waals surface area contributed by atoms with Crippen LogP contribution in [0.25, 0.3) is 0 Å². The van der Waals surface area contributed by atoms with Gasteiger partial charge >= 0.3 is 5.69 Å². The number of hydrogen-bond acceptors (Lipinski definition) is 4. The predicted octanol–water partition coefficient (Wildman–Crippen LogP) is 5.68. The highest BCUT2D eigenvalue weighted by molar-refractivity contribution is 9.14. The van der Waals surface area contributed by atoms with Crippen molar-refractivity contribution in [3.8, 4) is 17.2 Å². The summed E-state index contributed by atoms with van der Waals surface area (Å²) in [6, 6.07) is 7.82. The number of benzene rings is 2. The number of hydrogen-bond donors (Lipinski definition) is 0. The van der Waals surface area contributed by atoms with E-state index in [1.807, 2.05) is 0 Å². The lowest BCUT2D eigenvalue weighted by Gasteiger charge is -2.14. The first-order chi connectivity index (χ1) is 9.95. The summed E-state index contributed by atoms with van der Waals surface area (Å²) in [6.45, 7) is 0. The second-order valence-corrected chi connectivity index (χ2v) is 6.28. The highest BCUT2D eigenvalue weighted by Crippen LogP contribution is 2.46. The number of halogens is 3. The summed E-state index contributed by atoms with van der Waals surface area (Å²) in [7, 11) is 1.49. The molecule has 0 aromatic heterocycles. The van der Waals surface area contributed by atoms with E-state index in [-0.39, 0.29) is 11.4 Å². The van der Waals surface area contributed by atoms with E-state index in [9.17, 15) is 10.1 Å². The average molecular weight is 482 g/mol. The van der Waals surface area contributed by atoms with Crippen molar-refractivity contribution >= 4 is 53.5 Å². The van der Waals surface area contributed by atoms with Gasteiger partial charge in [0.2, 0.25) is 5.75 Å². The van der Waals surface area contributed by atoms with E-state index in [1.54, 1.807) is 18.2 Å². The van der Waals surface area contributed by atoms with Crippen molar-refractivity contribution in [3.05, 3.63) is 53.9 Å². The number of rotatable bonds is 4. The third-order valence-electron chi connectivity index (χ3n) is 2.57. The molecule has 0 atom stereocenters. The van der Waals surface area contributed by atoms with Gasteiger partial charge in [-0.15, -0.1) is 0 Å². The Morgan fingerprint density at radius 1 is 1.10 bits per heavy atom. The van der Waals surface area contributed by atoms with Gasteiger partial charge in [-0.3, -0.25) is 10.1 Å². The van der Waals surface area contributed by atoms with E-state index in [4.69, 9.17) is 9.47 Å². The summed E-state index contributed by atoms with van der Waals surface area (Å²) in [4.78, 5) is 10.5. The molecule has 2 aromatic carbocycles. The molecule has 0 spiro atoms. The van der Waals surface area contributed by atoms with E-state index in [2.05, 4.69) is 47.8 Å². The van der Waals surface area contributed by atoms with Gasteiger partial charge in [-0.25, -0.2) is 0 Å². The van der Waals surface area contributed by atoms with Crippen LogP contribution in [-0.4, -0.2) is 12.0 Å². The van der Waals surface area contributed by atoms with Crippen LogP contribution in [0.15, 0.2) is 43.7 Å². The molecule has 0 amide bonds. The Morgan fingerprint density at radius 2 is 1.76 bits per heavy atom. The van der Waals surface area contributed by atoms with Crippen molar-refractivity contribution in [1.29, 1.82) is 0 Å². The van der Waals surface area contributed by atoms with Crippen LogP contribution in [0.1, 0.15) is 0 Å². The normalized spacial score (nSPS) is 10.3. The van der Waals surface area contributed by atoms with Gasteiger partial charge in [-0.05, 0) is 53.9 Å². The molecule has 8 heteroatoms. The maximum Gasteiger partial charge on any atom is 0.311 e. The Labute approximate surface area is 145 Å². The molecular weight excluding hydrogens is 474 g/mol. The van der Waals surface area contributed by atoms with Crippen LogP contribution < -0.4 is 9.47 Å². The number of nitro groups is 1. The number of para-hydroxylation sites is 2. The van der Waals surface area contributed by atoms with Crippen molar-refractivity contribution in [1.82, 2.24) is 0 Å². The van der Waals surface area contributed by atoms with Crippen LogP contribution in [0, 0.1) is 10.1 Å². The van der Waals surface area contributed by atoms with Gasteiger partial charge in [0.05, 0.1) is 16.5 Å². The third-order valence-corrected chi connectivity index (χ3v) is 5.84. The lowest BCUT2D eigenvalue weighted by molar-refractivity contribution is -0.385. The summed E-state index contributed by atoms with van der Waals surface area (Å²) in [5.74, 6) is 0.930. The molecule has 0 heterocycles. The van der Waals surface area contributed by atoms with Crippen LogP contribution in [0.3, 0.4) is 0 Å². The molecule has 0 fully saturated rings. The van der Waals surface area contributed by atoms with Gasteiger partial charge in [-0.1, -0.05) is 12.1 Å². The molecule has 2 rings (SSSR count). The van der Waals surface area contributed by atoms with Gasteiger partial charge in [0, 0.05) is 21.1 Å². The van der Waals surface area contributed by atoms with Gasteiger partial charge in [0.25, 0.3) is 0 Å². The molecule has 0 N–H and O–H groups in total. The first-order valence-corrected chi connectivity index (χ1v) is 7.96. The monoisotopic (exact) mass is 479 g/mol. The van der Waals surface area contributed by atoms with Gasteiger partial charge in [0.15, 0.2) is 11.5 Å². The molecule has 2 aromatic rings. The Morgan fingerprint density at radius 3 is 2.38 bits per heavy atom. The average Bonchev–Trinajstić information content (AvgIpc) is 2.45. The SMILES string of the molecule is COc1c(Oc2ccccc2[N+](=O)[O-])cc(Br)c(Br)c1Br. The van der Waals surface area contributed by atoms with Crippen molar-refractivity contribution in [2.75, 3.05) is 7.11 Å². The minimum Gasteiger partial charge on any atom is -0.492 e. The second-order valence-electron chi connectivity index (χ2n) is 3.84. The number of methoxy groups -OCH3 is 1. The molecular formula is C13H8Br3NO4. The van der Waals surface area contributed by atoms with E-state index in [1.165, 1.54) is 19.2 Å². The quantitative estimate of drug-likeness (QED) is 0.320. The van der Waals surface area contributed by atoms with Gasteiger partial charge < -0.3 is 9.47 Å². The molecule has 0 unspecified atom stereocenters.